The van der Waals surface area contributed by atoms with Crippen LogP contribution in [0.3, 0.4) is 0 Å². The lowest BCUT2D eigenvalue weighted by Gasteiger charge is -2.19. The summed E-state index contributed by atoms with van der Waals surface area (Å²) in [7, 11) is 2.12. The lowest BCUT2D eigenvalue weighted by Crippen LogP contribution is -2.23. The number of aliphatic hydroxyl groups excluding tert-OH is 1. The van der Waals surface area contributed by atoms with Crippen LogP contribution in [0.2, 0.25) is 0 Å². The number of rotatable bonds is 8. The van der Waals surface area contributed by atoms with Crippen LogP contribution in [0, 0.1) is 0 Å². The van der Waals surface area contributed by atoms with Crippen molar-refractivity contribution >= 4 is 12.4 Å². The zero-order chi connectivity index (χ0) is 18.2. The second-order valence-electron chi connectivity index (χ2n) is 6.83. The quantitative estimate of drug-likeness (QED) is 0.566. The van der Waals surface area contributed by atoms with Gasteiger partial charge in [-0.2, -0.15) is 0 Å². The maximum Gasteiger partial charge on any atom is 0.0802 e. The van der Waals surface area contributed by atoms with E-state index in [1.54, 1.807) is 0 Å². The predicted molar refractivity (Wildman–Crippen MR) is 116 cm³/mol. The summed E-state index contributed by atoms with van der Waals surface area (Å²) < 4.78 is 0. The summed E-state index contributed by atoms with van der Waals surface area (Å²) in [4.78, 5) is 2.29. The molecule has 3 aromatic rings. The normalized spacial score (nSPS) is 11.8. The third-order valence-electron chi connectivity index (χ3n) is 4.81. The number of halogens is 1. The zero-order valence-corrected chi connectivity index (χ0v) is 16.6. The first-order valence-electron chi connectivity index (χ1n) is 9.28. The van der Waals surface area contributed by atoms with Crippen LogP contribution in [0.5, 0.6) is 0 Å². The molecule has 1 unspecified atom stereocenters. The van der Waals surface area contributed by atoms with Crippen LogP contribution in [-0.4, -0.2) is 30.1 Å². The van der Waals surface area contributed by atoms with Gasteiger partial charge in [0.05, 0.1) is 6.10 Å². The minimum absolute atomic E-state index is 0. The first-order valence-corrected chi connectivity index (χ1v) is 9.28. The predicted octanol–water partition coefficient (Wildman–Crippen LogP) is 5.37. The van der Waals surface area contributed by atoms with Crippen molar-refractivity contribution in [3.05, 3.63) is 96.1 Å². The van der Waals surface area contributed by atoms with Crippen LogP contribution < -0.4 is 0 Å². The van der Waals surface area contributed by atoms with Crippen molar-refractivity contribution in [3.63, 3.8) is 0 Å². The van der Waals surface area contributed by atoms with E-state index in [4.69, 9.17) is 0 Å². The molecule has 3 rings (SSSR count). The van der Waals surface area contributed by atoms with Gasteiger partial charge < -0.3 is 10.0 Å². The van der Waals surface area contributed by atoms with Gasteiger partial charge in [0.2, 0.25) is 0 Å². The molecule has 0 amide bonds. The highest BCUT2D eigenvalue weighted by molar-refractivity contribution is 5.85. The molecule has 0 saturated heterocycles. The Hall–Kier alpha value is -2.13. The van der Waals surface area contributed by atoms with E-state index in [1.165, 1.54) is 16.7 Å². The van der Waals surface area contributed by atoms with Crippen LogP contribution in [0.4, 0.5) is 0 Å². The molecular formula is C24H28ClNO. The molecule has 0 aromatic heterocycles. The molecule has 27 heavy (non-hydrogen) atoms. The number of nitrogens with zero attached hydrogens (tertiary/aromatic N) is 1. The first kappa shape index (κ1) is 21.2. The monoisotopic (exact) mass is 381 g/mol. The summed E-state index contributed by atoms with van der Waals surface area (Å²) >= 11 is 0. The highest BCUT2D eigenvalue weighted by Gasteiger charge is 2.09. The molecule has 1 atom stereocenters. The van der Waals surface area contributed by atoms with Crippen molar-refractivity contribution in [1.29, 1.82) is 0 Å². The number of aliphatic hydroxyl groups is 1. The average Bonchev–Trinajstić information content (AvgIpc) is 2.72. The van der Waals surface area contributed by atoms with Gasteiger partial charge in [0.1, 0.15) is 0 Å². The van der Waals surface area contributed by atoms with Gasteiger partial charge in [-0.25, -0.2) is 0 Å². The maximum absolute atomic E-state index is 10.5. The molecule has 142 valence electrons. The lowest BCUT2D eigenvalue weighted by molar-refractivity contribution is 0.149. The highest BCUT2D eigenvalue weighted by atomic mass is 35.5. The molecule has 0 radical (unpaired) electrons. The van der Waals surface area contributed by atoms with E-state index in [9.17, 15) is 5.11 Å². The molecule has 0 aliphatic heterocycles. The smallest absolute Gasteiger partial charge is 0.0802 e. The van der Waals surface area contributed by atoms with Gasteiger partial charge >= 0.3 is 0 Å². The molecule has 0 spiro atoms. The molecule has 3 aromatic carbocycles. The first-order chi connectivity index (χ1) is 12.7. The molecule has 0 bridgehead atoms. The second-order valence-corrected chi connectivity index (χ2v) is 6.83. The van der Waals surface area contributed by atoms with Crippen molar-refractivity contribution in [1.82, 2.24) is 4.90 Å². The van der Waals surface area contributed by atoms with Gasteiger partial charge in [-0.05, 0) is 42.1 Å². The van der Waals surface area contributed by atoms with Crippen molar-refractivity contribution in [2.45, 2.75) is 18.9 Å². The third-order valence-corrected chi connectivity index (χ3v) is 4.81. The minimum atomic E-state index is -0.418. The summed E-state index contributed by atoms with van der Waals surface area (Å²) in [5.74, 6) is 0. The van der Waals surface area contributed by atoms with E-state index in [0.29, 0.717) is 0 Å². The van der Waals surface area contributed by atoms with Crippen molar-refractivity contribution in [3.8, 4) is 11.1 Å². The van der Waals surface area contributed by atoms with E-state index in [-0.39, 0.29) is 12.4 Å². The standard InChI is InChI=1S/C24H27NO.ClH/c1-25(18-16-20-8-4-2-5-9-20)19-17-24(26)23-14-12-22(13-15-23)21-10-6-3-7-11-21;/h2-15,24,26H,16-19H2,1H3;1H. The Morgan fingerprint density at radius 2 is 1.30 bits per heavy atom. The van der Waals surface area contributed by atoms with Crippen LogP contribution in [0.1, 0.15) is 23.7 Å². The van der Waals surface area contributed by atoms with Crippen molar-refractivity contribution in [2.75, 3.05) is 20.1 Å². The minimum Gasteiger partial charge on any atom is -0.388 e. The number of hydrogen-bond donors (Lipinski definition) is 1. The second kappa shape index (κ2) is 10.9. The number of hydrogen-bond acceptors (Lipinski definition) is 2. The Balaban J connectivity index is 0.00000261. The van der Waals surface area contributed by atoms with E-state index in [2.05, 4.69) is 60.5 Å². The lowest BCUT2D eigenvalue weighted by atomic mass is 10.0. The maximum atomic E-state index is 10.5. The molecule has 2 nitrogen and oxygen atoms in total. The molecule has 1 N–H and O–H groups in total. The van der Waals surface area contributed by atoms with Gasteiger partial charge in [-0.3, -0.25) is 0 Å². The largest absolute Gasteiger partial charge is 0.388 e. The van der Waals surface area contributed by atoms with Gasteiger partial charge in [0, 0.05) is 13.1 Å². The molecule has 3 heteroatoms. The summed E-state index contributed by atoms with van der Waals surface area (Å²) in [6, 6.07) is 29.1. The molecule has 0 aliphatic rings. The van der Waals surface area contributed by atoms with Crippen molar-refractivity contribution < 1.29 is 5.11 Å². The molecule has 0 saturated carbocycles. The van der Waals surface area contributed by atoms with Gasteiger partial charge in [-0.15, -0.1) is 12.4 Å². The average molecular weight is 382 g/mol. The van der Waals surface area contributed by atoms with Gasteiger partial charge in [0.25, 0.3) is 0 Å². The molecule has 0 aliphatic carbocycles. The SMILES string of the molecule is CN(CCc1ccccc1)CCC(O)c1ccc(-c2ccccc2)cc1.Cl. The fourth-order valence-electron chi connectivity index (χ4n) is 3.11. The number of likely N-dealkylation sites (N-methyl/N-ethyl adjacent to an activating group) is 1. The fraction of sp³-hybridized carbons (Fsp3) is 0.250. The van der Waals surface area contributed by atoms with Crippen LogP contribution in [-0.2, 0) is 6.42 Å². The summed E-state index contributed by atoms with van der Waals surface area (Å²) in [6.07, 6.45) is 1.37. The van der Waals surface area contributed by atoms with Gasteiger partial charge in [-0.1, -0.05) is 84.9 Å². The van der Waals surface area contributed by atoms with E-state index in [1.807, 2.05) is 36.4 Å². The molecule has 0 fully saturated rings. The number of benzene rings is 3. The third kappa shape index (κ3) is 6.51. The van der Waals surface area contributed by atoms with E-state index >= 15 is 0 Å². The Morgan fingerprint density at radius 3 is 1.93 bits per heavy atom. The Kier molecular flexibility index (Phi) is 8.53. The van der Waals surface area contributed by atoms with E-state index < -0.39 is 6.10 Å². The highest BCUT2D eigenvalue weighted by Crippen LogP contribution is 2.23. The van der Waals surface area contributed by atoms with Crippen LogP contribution >= 0.6 is 12.4 Å². The van der Waals surface area contributed by atoms with E-state index in [0.717, 1.165) is 31.5 Å². The topological polar surface area (TPSA) is 23.5 Å². The Labute approximate surface area is 168 Å². The zero-order valence-electron chi connectivity index (χ0n) is 15.8. The summed E-state index contributed by atoms with van der Waals surface area (Å²) in [5.41, 5.74) is 4.73. The summed E-state index contributed by atoms with van der Waals surface area (Å²) in [6.45, 7) is 1.89. The van der Waals surface area contributed by atoms with Crippen molar-refractivity contribution in [2.24, 2.45) is 0 Å². The molecular weight excluding hydrogens is 354 g/mol. The van der Waals surface area contributed by atoms with Gasteiger partial charge in [0.15, 0.2) is 0 Å². The Bertz CT molecular complexity index is 774. The fourth-order valence-corrected chi connectivity index (χ4v) is 3.11. The molecule has 0 heterocycles. The Morgan fingerprint density at radius 1 is 0.741 bits per heavy atom. The van der Waals surface area contributed by atoms with Crippen LogP contribution in [0.25, 0.3) is 11.1 Å². The summed E-state index contributed by atoms with van der Waals surface area (Å²) in [5, 5.41) is 10.5. The van der Waals surface area contributed by atoms with Crippen LogP contribution in [0.15, 0.2) is 84.9 Å².